The minimum Gasteiger partial charge on any atom is -0.384 e. The number of benzene rings is 2. The molecule has 0 atom stereocenters. The van der Waals surface area contributed by atoms with Crippen LogP contribution in [0.25, 0.3) is 27.9 Å². The van der Waals surface area contributed by atoms with Crippen LogP contribution < -0.4 is 11.1 Å². The molecular weight excluding hydrogens is 410 g/mol. The number of carbonyl (C=O) groups is 1. The third-order valence-electron chi connectivity index (χ3n) is 6.31. The van der Waals surface area contributed by atoms with Crippen LogP contribution in [0.2, 0.25) is 0 Å². The van der Waals surface area contributed by atoms with Gasteiger partial charge in [0.1, 0.15) is 16.9 Å². The largest absolute Gasteiger partial charge is 0.384 e. The highest BCUT2D eigenvalue weighted by Gasteiger charge is 2.25. The van der Waals surface area contributed by atoms with Crippen LogP contribution in [0.1, 0.15) is 53.6 Å². The number of amides is 1. The lowest BCUT2D eigenvalue weighted by Crippen LogP contribution is -2.26. The molecule has 168 valence electrons. The third kappa shape index (κ3) is 4.09. The van der Waals surface area contributed by atoms with Gasteiger partial charge in [0.15, 0.2) is 5.65 Å². The molecule has 0 fully saturated rings. The topological polar surface area (TPSA) is 85.8 Å². The van der Waals surface area contributed by atoms with Crippen molar-refractivity contribution in [1.29, 1.82) is 0 Å². The van der Waals surface area contributed by atoms with E-state index < -0.39 is 0 Å². The first-order valence-corrected chi connectivity index (χ1v) is 11.6. The van der Waals surface area contributed by atoms with E-state index in [9.17, 15) is 4.79 Å². The van der Waals surface area contributed by atoms with Crippen LogP contribution in [-0.2, 0) is 0 Å². The summed E-state index contributed by atoms with van der Waals surface area (Å²) in [4.78, 5) is 23.0. The van der Waals surface area contributed by atoms with Gasteiger partial charge in [0, 0.05) is 12.2 Å². The number of nitrogens with two attached hydrogens (primary N) is 1. The number of hydrogen-bond donors (Lipinski definition) is 2. The smallest absolute Gasteiger partial charge is 0.257 e. The van der Waals surface area contributed by atoms with Gasteiger partial charge in [0.2, 0.25) is 0 Å². The normalized spacial score (nSPS) is 13.9. The molecule has 2 aromatic heterocycles. The molecular formula is C27H29N5O. The van der Waals surface area contributed by atoms with E-state index >= 15 is 0 Å². The fraction of sp³-hybridized carbons (Fsp3) is 0.296. The average Bonchev–Trinajstić information content (AvgIpc) is 3.08. The van der Waals surface area contributed by atoms with Crippen LogP contribution in [-0.4, -0.2) is 27.0 Å². The number of aryl methyl sites for hydroxylation is 2. The minimum absolute atomic E-state index is 0.207. The first kappa shape index (κ1) is 21.2. The van der Waals surface area contributed by atoms with E-state index in [1.165, 1.54) is 18.4 Å². The Hall–Kier alpha value is -3.67. The Kier molecular flexibility index (Phi) is 5.58. The second kappa shape index (κ2) is 8.70. The van der Waals surface area contributed by atoms with E-state index in [0.29, 0.717) is 29.1 Å². The standard InChI is InChI=1S/C27H29N5O/c1-17-14-18(2)16-20(15-17)32-25(28)23(27(33)29-13-12-19-8-4-3-5-9-19)24-26(32)31-22-11-7-6-10-21(22)30-24/h6-8,10-11,14-16H,3-5,9,12-13,28H2,1-2H3,(H,29,33). The molecule has 6 nitrogen and oxygen atoms in total. The highest BCUT2D eigenvalue weighted by Crippen LogP contribution is 2.31. The van der Waals surface area contributed by atoms with Crippen molar-refractivity contribution in [3.8, 4) is 5.69 Å². The summed E-state index contributed by atoms with van der Waals surface area (Å²) in [5.74, 6) is 0.154. The van der Waals surface area contributed by atoms with Crippen molar-refractivity contribution >= 4 is 33.9 Å². The molecule has 1 aliphatic carbocycles. The predicted octanol–water partition coefficient (Wildman–Crippen LogP) is 5.39. The summed E-state index contributed by atoms with van der Waals surface area (Å²) >= 11 is 0. The van der Waals surface area contributed by atoms with Crippen molar-refractivity contribution < 1.29 is 4.79 Å². The zero-order chi connectivity index (χ0) is 22.9. The monoisotopic (exact) mass is 439 g/mol. The van der Waals surface area contributed by atoms with Crippen LogP contribution in [0.3, 0.4) is 0 Å². The lowest BCUT2D eigenvalue weighted by atomic mass is 9.97. The number of hydrogen-bond acceptors (Lipinski definition) is 4. The highest BCUT2D eigenvalue weighted by molar-refractivity contribution is 6.11. The van der Waals surface area contributed by atoms with E-state index in [1.54, 1.807) is 0 Å². The van der Waals surface area contributed by atoms with Crippen LogP contribution in [0.15, 0.2) is 54.1 Å². The lowest BCUT2D eigenvalue weighted by molar-refractivity contribution is 0.0956. The fourth-order valence-corrected chi connectivity index (χ4v) is 4.78. The van der Waals surface area contributed by atoms with Gasteiger partial charge in [0.25, 0.3) is 5.91 Å². The lowest BCUT2D eigenvalue weighted by Gasteiger charge is -2.13. The molecule has 2 heterocycles. The summed E-state index contributed by atoms with van der Waals surface area (Å²) < 4.78 is 1.85. The first-order chi connectivity index (χ1) is 16.0. The molecule has 0 saturated heterocycles. The third-order valence-corrected chi connectivity index (χ3v) is 6.31. The molecule has 0 unspecified atom stereocenters. The number of para-hydroxylation sites is 2. The first-order valence-electron chi connectivity index (χ1n) is 11.6. The zero-order valence-corrected chi connectivity index (χ0v) is 19.2. The molecule has 1 amide bonds. The van der Waals surface area contributed by atoms with Crippen molar-refractivity contribution in [2.45, 2.75) is 46.0 Å². The van der Waals surface area contributed by atoms with Gasteiger partial charge >= 0.3 is 0 Å². The Morgan fingerprint density at radius 1 is 1.06 bits per heavy atom. The zero-order valence-electron chi connectivity index (χ0n) is 19.2. The Labute approximate surface area is 193 Å². The van der Waals surface area contributed by atoms with Crippen LogP contribution in [0.5, 0.6) is 0 Å². The number of nitrogens with zero attached hydrogens (tertiary/aromatic N) is 3. The van der Waals surface area contributed by atoms with E-state index in [-0.39, 0.29) is 5.91 Å². The van der Waals surface area contributed by atoms with E-state index in [4.69, 9.17) is 15.7 Å². The number of nitrogens with one attached hydrogen (secondary N) is 1. The predicted molar refractivity (Wildman–Crippen MR) is 134 cm³/mol. The SMILES string of the molecule is Cc1cc(C)cc(-n2c(N)c(C(=O)NCCC3=CCCCC3)c3nc4ccccc4nc32)c1. The molecule has 1 aliphatic rings. The van der Waals surface area contributed by atoms with Crippen molar-refractivity contribution in [1.82, 2.24) is 19.9 Å². The second-order valence-electron chi connectivity index (χ2n) is 8.94. The minimum atomic E-state index is -0.207. The summed E-state index contributed by atoms with van der Waals surface area (Å²) in [5.41, 5.74) is 14.2. The number of fused-ring (bicyclic) bond motifs is 2. The highest BCUT2D eigenvalue weighted by atomic mass is 16.1. The number of allylic oxidation sites excluding steroid dienone is 1. The van der Waals surface area contributed by atoms with Crippen molar-refractivity contribution in [2.75, 3.05) is 12.3 Å². The van der Waals surface area contributed by atoms with Gasteiger partial charge in [-0.2, -0.15) is 0 Å². The number of aromatic nitrogens is 3. The molecule has 0 saturated carbocycles. The molecule has 5 rings (SSSR count). The number of anilines is 1. The van der Waals surface area contributed by atoms with Gasteiger partial charge in [-0.3, -0.25) is 9.36 Å². The van der Waals surface area contributed by atoms with Crippen molar-refractivity contribution in [3.63, 3.8) is 0 Å². The van der Waals surface area contributed by atoms with E-state index in [0.717, 1.165) is 47.1 Å². The molecule has 0 radical (unpaired) electrons. The second-order valence-corrected chi connectivity index (χ2v) is 8.94. The van der Waals surface area contributed by atoms with Crippen LogP contribution in [0, 0.1) is 13.8 Å². The Morgan fingerprint density at radius 2 is 1.79 bits per heavy atom. The maximum Gasteiger partial charge on any atom is 0.257 e. The van der Waals surface area contributed by atoms with E-state index in [2.05, 4.69) is 29.6 Å². The maximum absolute atomic E-state index is 13.3. The summed E-state index contributed by atoms with van der Waals surface area (Å²) in [6.07, 6.45) is 7.95. The molecule has 6 heteroatoms. The molecule has 33 heavy (non-hydrogen) atoms. The van der Waals surface area contributed by atoms with E-state index in [1.807, 2.05) is 42.7 Å². The Balaban J connectivity index is 1.60. The molecule has 3 N–H and O–H groups in total. The summed E-state index contributed by atoms with van der Waals surface area (Å²) in [6, 6.07) is 13.9. The number of nitrogen functional groups attached to an aromatic ring is 1. The Morgan fingerprint density at radius 3 is 2.48 bits per heavy atom. The molecule has 2 aromatic carbocycles. The average molecular weight is 440 g/mol. The van der Waals surface area contributed by atoms with Crippen molar-refractivity contribution in [2.24, 2.45) is 0 Å². The van der Waals surface area contributed by atoms with Gasteiger partial charge in [0.05, 0.1) is 11.0 Å². The van der Waals surface area contributed by atoms with Gasteiger partial charge < -0.3 is 11.1 Å². The molecule has 0 aliphatic heterocycles. The molecule has 0 spiro atoms. The fourth-order valence-electron chi connectivity index (χ4n) is 4.78. The quantitative estimate of drug-likeness (QED) is 0.408. The van der Waals surface area contributed by atoms with Crippen LogP contribution >= 0.6 is 0 Å². The molecule has 4 aromatic rings. The summed E-state index contributed by atoms with van der Waals surface area (Å²) in [7, 11) is 0. The van der Waals surface area contributed by atoms with Gasteiger partial charge in [-0.05, 0) is 81.3 Å². The van der Waals surface area contributed by atoms with Crippen LogP contribution in [0.4, 0.5) is 5.82 Å². The summed E-state index contributed by atoms with van der Waals surface area (Å²) in [6.45, 7) is 4.68. The van der Waals surface area contributed by atoms with Gasteiger partial charge in [-0.15, -0.1) is 0 Å². The maximum atomic E-state index is 13.3. The number of rotatable bonds is 5. The van der Waals surface area contributed by atoms with Crippen molar-refractivity contribution in [3.05, 3.63) is 70.8 Å². The summed E-state index contributed by atoms with van der Waals surface area (Å²) in [5, 5.41) is 3.07. The Bertz CT molecular complexity index is 1380. The number of carbonyl (C=O) groups excluding carboxylic acids is 1. The van der Waals surface area contributed by atoms with Gasteiger partial charge in [-0.25, -0.2) is 9.97 Å². The van der Waals surface area contributed by atoms with Gasteiger partial charge in [-0.1, -0.05) is 29.8 Å². The molecule has 0 bridgehead atoms.